The average molecular weight is 339 g/mol. The molecule has 0 atom stereocenters. The molecule has 1 aliphatic heterocycles. The Morgan fingerprint density at radius 3 is 2.42 bits per heavy atom. The van der Waals surface area contributed by atoms with Crippen molar-refractivity contribution < 1.29 is 13.6 Å². The zero-order valence-corrected chi connectivity index (χ0v) is 14.9. The van der Waals surface area contributed by atoms with Gasteiger partial charge in [-0.1, -0.05) is 13.8 Å². The van der Waals surface area contributed by atoms with Crippen molar-refractivity contribution in [3.8, 4) is 0 Å². The van der Waals surface area contributed by atoms with E-state index in [2.05, 4.69) is 24.1 Å². The molecule has 1 amide bonds. The van der Waals surface area contributed by atoms with Gasteiger partial charge < -0.3 is 10.2 Å². The molecular weight excluding hydrogens is 312 g/mol. The number of nitrogens with zero attached hydrogens (tertiary/aromatic N) is 2. The minimum absolute atomic E-state index is 0.00147. The van der Waals surface area contributed by atoms with Crippen LogP contribution in [-0.4, -0.2) is 49.1 Å². The lowest BCUT2D eigenvalue weighted by atomic mass is 9.99. The second kappa shape index (κ2) is 7.47. The van der Waals surface area contributed by atoms with Crippen molar-refractivity contribution in [1.82, 2.24) is 10.2 Å². The molecule has 1 aliphatic rings. The summed E-state index contributed by atoms with van der Waals surface area (Å²) in [5.41, 5.74) is -0.335. The lowest BCUT2D eigenvalue weighted by Gasteiger charge is -2.43. The molecule has 4 nitrogen and oxygen atoms in total. The van der Waals surface area contributed by atoms with Crippen LogP contribution in [0.15, 0.2) is 18.2 Å². The molecule has 0 spiro atoms. The summed E-state index contributed by atoms with van der Waals surface area (Å²) >= 11 is 0. The fourth-order valence-electron chi connectivity index (χ4n) is 2.89. The van der Waals surface area contributed by atoms with E-state index in [1.54, 1.807) is 0 Å². The van der Waals surface area contributed by atoms with Gasteiger partial charge in [0.25, 0.3) is 0 Å². The highest BCUT2D eigenvalue weighted by molar-refractivity contribution is 5.85. The fraction of sp³-hybridized carbons (Fsp3) is 0.611. The largest absolute Gasteiger partial charge is 0.367 e. The van der Waals surface area contributed by atoms with Gasteiger partial charge in [0.1, 0.15) is 11.6 Å². The van der Waals surface area contributed by atoms with Gasteiger partial charge in [0.05, 0.1) is 11.2 Å². The number of hydrogen-bond acceptors (Lipinski definition) is 3. The van der Waals surface area contributed by atoms with Gasteiger partial charge in [-0.05, 0) is 31.9 Å². The molecule has 1 N–H and O–H groups in total. The SMILES string of the molecule is CC(C)CNC(=O)C(C)(C)N1CCN(c2cc(F)ccc2F)CC1. The average Bonchev–Trinajstić information content (AvgIpc) is 2.54. The first-order chi connectivity index (χ1) is 11.2. The Morgan fingerprint density at radius 2 is 1.83 bits per heavy atom. The third-order valence-corrected chi connectivity index (χ3v) is 4.55. The van der Waals surface area contributed by atoms with Crippen LogP contribution in [0.25, 0.3) is 0 Å². The molecule has 1 fully saturated rings. The molecule has 1 heterocycles. The predicted octanol–water partition coefficient (Wildman–Crippen LogP) is 2.64. The number of nitrogens with one attached hydrogen (secondary N) is 1. The summed E-state index contributed by atoms with van der Waals surface area (Å²) in [5, 5.41) is 2.98. The number of halogens is 2. The van der Waals surface area contributed by atoms with E-state index >= 15 is 0 Å². The molecule has 0 radical (unpaired) electrons. The van der Waals surface area contributed by atoms with Crippen LogP contribution in [0, 0.1) is 17.6 Å². The molecule has 0 aromatic heterocycles. The Labute approximate surface area is 142 Å². The zero-order valence-electron chi connectivity index (χ0n) is 14.9. The van der Waals surface area contributed by atoms with Gasteiger partial charge in [0.15, 0.2) is 0 Å². The number of carbonyl (C=O) groups is 1. The molecule has 1 aromatic rings. The number of carbonyl (C=O) groups excluding carboxylic acids is 1. The molecule has 24 heavy (non-hydrogen) atoms. The van der Waals surface area contributed by atoms with E-state index < -0.39 is 17.2 Å². The minimum Gasteiger partial charge on any atom is -0.367 e. The summed E-state index contributed by atoms with van der Waals surface area (Å²) in [4.78, 5) is 16.4. The summed E-state index contributed by atoms with van der Waals surface area (Å²) in [5.74, 6) is -0.458. The third kappa shape index (κ3) is 4.23. The predicted molar refractivity (Wildman–Crippen MR) is 92.1 cm³/mol. The molecule has 0 bridgehead atoms. The van der Waals surface area contributed by atoms with Gasteiger partial charge in [-0.2, -0.15) is 0 Å². The first kappa shape index (κ1) is 18.6. The summed E-state index contributed by atoms with van der Waals surface area (Å²) in [6, 6.07) is 3.50. The van der Waals surface area contributed by atoms with Crippen molar-refractivity contribution in [2.75, 3.05) is 37.6 Å². The van der Waals surface area contributed by atoms with Crippen LogP contribution in [-0.2, 0) is 4.79 Å². The highest BCUT2D eigenvalue weighted by atomic mass is 19.1. The molecule has 0 aliphatic carbocycles. The van der Waals surface area contributed by atoms with Gasteiger partial charge >= 0.3 is 0 Å². The van der Waals surface area contributed by atoms with Crippen molar-refractivity contribution in [2.45, 2.75) is 33.2 Å². The van der Waals surface area contributed by atoms with Crippen molar-refractivity contribution in [1.29, 1.82) is 0 Å². The summed E-state index contributed by atoms with van der Waals surface area (Å²) in [7, 11) is 0. The van der Waals surface area contributed by atoms with Crippen LogP contribution in [0.4, 0.5) is 14.5 Å². The fourth-order valence-corrected chi connectivity index (χ4v) is 2.89. The van der Waals surface area contributed by atoms with Crippen molar-refractivity contribution in [3.05, 3.63) is 29.8 Å². The van der Waals surface area contributed by atoms with E-state index in [-0.39, 0.29) is 11.6 Å². The Morgan fingerprint density at radius 1 is 1.21 bits per heavy atom. The Balaban J connectivity index is 1.98. The summed E-state index contributed by atoms with van der Waals surface area (Å²) in [6.07, 6.45) is 0. The second-order valence-corrected chi connectivity index (χ2v) is 7.23. The Kier molecular flexibility index (Phi) is 5.80. The lowest BCUT2D eigenvalue weighted by molar-refractivity contribution is -0.132. The second-order valence-electron chi connectivity index (χ2n) is 7.23. The maximum Gasteiger partial charge on any atom is 0.239 e. The normalized spacial score (nSPS) is 16.5. The number of rotatable bonds is 5. The molecule has 0 unspecified atom stereocenters. The third-order valence-electron chi connectivity index (χ3n) is 4.55. The van der Waals surface area contributed by atoms with Gasteiger partial charge in [0, 0.05) is 38.8 Å². The molecule has 1 saturated heterocycles. The first-order valence-electron chi connectivity index (χ1n) is 8.45. The molecule has 134 valence electrons. The van der Waals surface area contributed by atoms with Crippen LogP contribution in [0.2, 0.25) is 0 Å². The number of piperazine rings is 1. The van der Waals surface area contributed by atoms with Gasteiger partial charge in [-0.3, -0.25) is 9.69 Å². The maximum atomic E-state index is 13.9. The molecule has 2 rings (SSSR count). The number of amides is 1. The topological polar surface area (TPSA) is 35.6 Å². The Hall–Kier alpha value is -1.69. The van der Waals surface area contributed by atoms with Crippen LogP contribution in [0.3, 0.4) is 0 Å². The quantitative estimate of drug-likeness (QED) is 0.896. The summed E-state index contributed by atoms with van der Waals surface area (Å²) < 4.78 is 27.3. The maximum absolute atomic E-state index is 13.9. The highest BCUT2D eigenvalue weighted by Crippen LogP contribution is 2.24. The first-order valence-corrected chi connectivity index (χ1v) is 8.45. The lowest BCUT2D eigenvalue weighted by Crippen LogP contribution is -2.61. The van der Waals surface area contributed by atoms with E-state index in [0.29, 0.717) is 38.6 Å². The van der Waals surface area contributed by atoms with Crippen molar-refractivity contribution in [3.63, 3.8) is 0 Å². The van der Waals surface area contributed by atoms with Crippen LogP contribution in [0.5, 0.6) is 0 Å². The van der Waals surface area contributed by atoms with E-state index in [9.17, 15) is 13.6 Å². The van der Waals surface area contributed by atoms with E-state index in [1.807, 2.05) is 18.7 Å². The van der Waals surface area contributed by atoms with Crippen LogP contribution >= 0.6 is 0 Å². The van der Waals surface area contributed by atoms with Gasteiger partial charge in [-0.15, -0.1) is 0 Å². The standard InChI is InChI=1S/C18H27F2N3O/c1-13(2)12-21-17(24)18(3,4)23-9-7-22(8-10-23)16-11-14(19)5-6-15(16)20/h5-6,11,13H,7-10,12H2,1-4H3,(H,21,24). The highest BCUT2D eigenvalue weighted by Gasteiger charge is 2.36. The molecule has 1 aromatic carbocycles. The smallest absolute Gasteiger partial charge is 0.239 e. The van der Waals surface area contributed by atoms with Crippen molar-refractivity contribution >= 4 is 11.6 Å². The molecular formula is C18H27F2N3O. The number of anilines is 1. The van der Waals surface area contributed by atoms with Crippen LogP contribution < -0.4 is 10.2 Å². The van der Waals surface area contributed by atoms with Gasteiger partial charge in [-0.25, -0.2) is 8.78 Å². The Bertz CT molecular complexity index is 582. The van der Waals surface area contributed by atoms with Crippen molar-refractivity contribution in [2.24, 2.45) is 5.92 Å². The monoisotopic (exact) mass is 339 g/mol. The molecule has 6 heteroatoms. The van der Waals surface area contributed by atoms with E-state index in [0.717, 1.165) is 12.1 Å². The molecule has 0 saturated carbocycles. The zero-order chi connectivity index (χ0) is 17.9. The van der Waals surface area contributed by atoms with E-state index in [4.69, 9.17) is 0 Å². The van der Waals surface area contributed by atoms with E-state index in [1.165, 1.54) is 6.07 Å². The van der Waals surface area contributed by atoms with Gasteiger partial charge in [0.2, 0.25) is 5.91 Å². The van der Waals surface area contributed by atoms with Crippen LogP contribution in [0.1, 0.15) is 27.7 Å². The minimum atomic E-state index is -0.624. The summed E-state index contributed by atoms with van der Waals surface area (Å²) in [6.45, 7) is 10.9. The number of benzene rings is 1. The number of hydrogen-bond donors (Lipinski definition) is 1.